The van der Waals surface area contributed by atoms with E-state index in [1.54, 1.807) is 6.92 Å². The molecule has 6 heteroatoms. The van der Waals surface area contributed by atoms with Gasteiger partial charge >= 0.3 is 6.09 Å². The van der Waals surface area contributed by atoms with Crippen molar-refractivity contribution in [3.05, 3.63) is 23.8 Å². The first kappa shape index (κ1) is 22.4. The van der Waals surface area contributed by atoms with Crippen molar-refractivity contribution in [1.82, 2.24) is 4.90 Å². The minimum atomic E-state index is -0.492. The SMILES string of the molecule is CC(=O)N1C[C@H](C)Cc2cc(N(C)CC3CCC(C)N3C(=O)OC(C)(C)C)ccc21. The lowest BCUT2D eigenvalue weighted by molar-refractivity contribution is -0.116. The molecule has 3 rings (SSSR count). The normalized spacial score (nSPS) is 23.9. The van der Waals surface area contributed by atoms with Gasteiger partial charge in [0.1, 0.15) is 5.60 Å². The molecule has 0 radical (unpaired) electrons. The van der Waals surface area contributed by atoms with E-state index in [0.717, 1.165) is 43.7 Å². The molecule has 0 saturated carbocycles. The molecule has 1 saturated heterocycles. The Bertz CT molecular complexity index is 801. The van der Waals surface area contributed by atoms with Crippen LogP contribution in [0.1, 0.15) is 59.9 Å². The first-order valence-corrected chi connectivity index (χ1v) is 11.1. The molecule has 2 unspecified atom stereocenters. The smallest absolute Gasteiger partial charge is 0.410 e. The van der Waals surface area contributed by atoms with Crippen molar-refractivity contribution >= 4 is 23.4 Å². The molecule has 2 amide bonds. The summed E-state index contributed by atoms with van der Waals surface area (Å²) < 4.78 is 5.66. The molecular weight excluding hydrogens is 378 g/mol. The Balaban J connectivity index is 1.75. The van der Waals surface area contributed by atoms with E-state index in [1.165, 1.54) is 5.56 Å². The first-order chi connectivity index (χ1) is 14.0. The second-order valence-corrected chi connectivity index (χ2v) is 10.1. The maximum atomic E-state index is 12.8. The van der Waals surface area contributed by atoms with Crippen molar-refractivity contribution in [2.45, 2.75) is 78.5 Å². The van der Waals surface area contributed by atoms with Crippen LogP contribution >= 0.6 is 0 Å². The van der Waals surface area contributed by atoms with Crippen LogP contribution in [0.25, 0.3) is 0 Å². The third kappa shape index (κ3) is 4.90. The second-order valence-electron chi connectivity index (χ2n) is 10.1. The molecular formula is C24H37N3O3. The number of fused-ring (bicyclic) bond motifs is 1. The molecule has 1 fully saturated rings. The molecule has 30 heavy (non-hydrogen) atoms. The number of nitrogens with zero attached hydrogens (tertiary/aromatic N) is 3. The Hall–Kier alpha value is -2.24. The van der Waals surface area contributed by atoms with Crippen molar-refractivity contribution in [2.75, 3.05) is 29.9 Å². The number of likely N-dealkylation sites (N-methyl/N-ethyl adjacent to an activating group) is 1. The third-order valence-corrected chi connectivity index (χ3v) is 6.11. The van der Waals surface area contributed by atoms with Gasteiger partial charge in [0, 0.05) is 44.5 Å². The zero-order valence-corrected chi connectivity index (χ0v) is 19.6. The lowest BCUT2D eigenvalue weighted by Crippen LogP contribution is -2.47. The quantitative estimate of drug-likeness (QED) is 0.732. The summed E-state index contributed by atoms with van der Waals surface area (Å²) in [6.07, 6.45) is 2.73. The second kappa shape index (κ2) is 8.48. The van der Waals surface area contributed by atoms with Gasteiger partial charge in [-0.3, -0.25) is 4.79 Å². The van der Waals surface area contributed by atoms with Gasteiger partial charge in [-0.2, -0.15) is 0 Å². The van der Waals surface area contributed by atoms with Crippen LogP contribution in [0.3, 0.4) is 0 Å². The number of rotatable bonds is 3. The summed E-state index contributed by atoms with van der Waals surface area (Å²) >= 11 is 0. The number of amides is 2. The van der Waals surface area contributed by atoms with Crippen molar-refractivity contribution in [1.29, 1.82) is 0 Å². The van der Waals surface area contributed by atoms with Gasteiger partial charge in [-0.25, -0.2) is 4.79 Å². The van der Waals surface area contributed by atoms with Crippen LogP contribution in [0, 0.1) is 5.92 Å². The number of ether oxygens (including phenoxy) is 1. The Morgan fingerprint density at radius 2 is 1.90 bits per heavy atom. The average Bonchev–Trinajstić information content (AvgIpc) is 2.99. The average molecular weight is 416 g/mol. The Morgan fingerprint density at radius 3 is 2.53 bits per heavy atom. The number of carbonyl (C=O) groups is 2. The lowest BCUT2D eigenvalue weighted by atomic mass is 9.93. The standard InChI is InChI=1S/C24H37N3O3/c1-16-12-19-13-20(10-11-22(19)26(14-16)18(3)28)25(7)15-21-9-8-17(2)27(21)23(29)30-24(4,5)6/h10-11,13,16-17,21H,8-9,12,14-15H2,1-7H3/t16-,17?,21?/m1/s1. The van der Waals surface area contributed by atoms with Gasteiger partial charge in [-0.15, -0.1) is 0 Å². The summed E-state index contributed by atoms with van der Waals surface area (Å²) in [5.41, 5.74) is 2.88. The van der Waals surface area contributed by atoms with E-state index in [9.17, 15) is 9.59 Å². The largest absolute Gasteiger partial charge is 0.444 e. The summed E-state index contributed by atoms with van der Waals surface area (Å²) in [6, 6.07) is 6.67. The summed E-state index contributed by atoms with van der Waals surface area (Å²) in [7, 11) is 2.08. The predicted molar refractivity (Wildman–Crippen MR) is 121 cm³/mol. The first-order valence-electron chi connectivity index (χ1n) is 11.1. The van der Waals surface area contributed by atoms with Crippen molar-refractivity contribution < 1.29 is 14.3 Å². The number of hydrogen-bond acceptors (Lipinski definition) is 4. The number of benzene rings is 1. The highest BCUT2D eigenvalue weighted by molar-refractivity contribution is 5.93. The lowest BCUT2D eigenvalue weighted by Gasteiger charge is -2.35. The van der Waals surface area contributed by atoms with E-state index < -0.39 is 5.60 Å². The van der Waals surface area contributed by atoms with Crippen molar-refractivity contribution in [3.63, 3.8) is 0 Å². The molecule has 0 N–H and O–H groups in total. The van der Waals surface area contributed by atoms with Crippen molar-refractivity contribution in [2.24, 2.45) is 5.92 Å². The Kier molecular flexibility index (Phi) is 6.34. The molecule has 1 aromatic rings. The monoisotopic (exact) mass is 415 g/mol. The number of carbonyl (C=O) groups excluding carboxylic acids is 2. The zero-order valence-electron chi connectivity index (χ0n) is 19.6. The number of hydrogen-bond donors (Lipinski definition) is 0. The molecule has 0 aromatic heterocycles. The van der Waals surface area contributed by atoms with Gasteiger partial charge in [-0.05, 0) is 76.6 Å². The van der Waals surface area contributed by atoms with Crippen LogP contribution in [0.4, 0.5) is 16.2 Å². The van der Waals surface area contributed by atoms with Crippen molar-refractivity contribution in [3.8, 4) is 0 Å². The summed E-state index contributed by atoms with van der Waals surface area (Å²) in [4.78, 5) is 30.8. The molecule has 1 aromatic carbocycles. The molecule has 6 nitrogen and oxygen atoms in total. The van der Waals surface area contributed by atoms with E-state index in [0.29, 0.717) is 5.92 Å². The van der Waals surface area contributed by atoms with Crippen LogP contribution in [0.5, 0.6) is 0 Å². The zero-order chi connectivity index (χ0) is 22.2. The topological polar surface area (TPSA) is 53.1 Å². The van der Waals surface area contributed by atoms with E-state index in [2.05, 4.69) is 44.0 Å². The fourth-order valence-corrected chi connectivity index (χ4v) is 4.70. The fraction of sp³-hybridized carbons (Fsp3) is 0.667. The molecule has 0 bridgehead atoms. The van der Waals surface area contributed by atoms with E-state index in [1.807, 2.05) is 30.6 Å². The van der Waals surface area contributed by atoms with Crippen LogP contribution in [0.15, 0.2) is 18.2 Å². The van der Waals surface area contributed by atoms with Gasteiger partial charge in [0.2, 0.25) is 5.91 Å². The molecule has 2 aliphatic rings. The highest BCUT2D eigenvalue weighted by Gasteiger charge is 2.37. The summed E-state index contributed by atoms with van der Waals surface area (Å²) in [5.74, 6) is 0.539. The van der Waals surface area contributed by atoms with Crippen LogP contribution in [0.2, 0.25) is 0 Å². The van der Waals surface area contributed by atoms with E-state index in [4.69, 9.17) is 4.74 Å². The molecule has 0 aliphatic carbocycles. The molecule has 2 heterocycles. The third-order valence-electron chi connectivity index (χ3n) is 6.11. The maximum absolute atomic E-state index is 12.8. The maximum Gasteiger partial charge on any atom is 0.410 e. The fourth-order valence-electron chi connectivity index (χ4n) is 4.70. The highest BCUT2D eigenvalue weighted by atomic mass is 16.6. The van der Waals surface area contributed by atoms with Crippen LogP contribution in [-0.2, 0) is 16.0 Å². The summed E-state index contributed by atoms with van der Waals surface area (Å²) in [5, 5.41) is 0. The Labute approximate surface area is 181 Å². The van der Waals surface area contributed by atoms with Gasteiger partial charge in [0.05, 0.1) is 6.04 Å². The minimum Gasteiger partial charge on any atom is -0.444 e. The van der Waals surface area contributed by atoms with Gasteiger partial charge in [-0.1, -0.05) is 6.92 Å². The Morgan fingerprint density at radius 1 is 1.20 bits per heavy atom. The number of likely N-dealkylation sites (tertiary alicyclic amines) is 1. The molecule has 2 aliphatic heterocycles. The van der Waals surface area contributed by atoms with Gasteiger partial charge < -0.3 is 19.4 Å². The van der Waals surface area contributed by atoms with Gasteiger partial charge in [0.25, 0.3) is 0 Å². The number of anilines is 2. The molecule has 3 atom stereocenters. The van der Waals surface area contributed by atoms with Gasteiger partial charge in [0.15, 0.2) is 0 Å². The van der Waals surface area contributed by atoms with E-state index >= 15 is 0 Å². The minimum absolute atomic E-state index is 0.0943. The predicted octanol–water partition coefficient (Wildman–Crippen LogP) is 4.46. The molecule has 166 valence electrons. The van der Waals surface area contributed by atoms with E-state index in [-0.39, 0.29) is 24.1 Å². The highest BCUT2D eigenvalue weighted by Crippen LogP contribution is 2.34. The van der Waals surface area contributed by atoms with Crippen LogP contribution in [-0.4, -0.2) is 54.7 Å². The molecule has 0 spiro atoms. The summed E-state index contributed by atoms with van der Waals surface area (Å²) in [6.45, 7) is 13.2. The van der Waals surface area contributed by atoms with Crippen LogP contribution < -0.4 is 9.80 Å².